The largest absolute Gasteiger partial charge is 0.485 e. The Bertz CT molecular complexity index is 1660. The van der Waals surface area contributed by atoms with Crippen molar-refractivity contribution in [2.45, 2.75) is 18.1 Å². The van der Waals surface area contributed by atoms with Gasteiger partial charge < -0.3 is 14.8 Å². The first kappa shape index (κ1) is 27.0. The molecule has 39 heavy (non-hydrogen) atoms. The highest BCUT2D eigenvalue weighted by molar-refractivity contribution is 7.94. The van der Waals surface area contributed by atoms with Crippen LogP contribution in [0.5, 0.6) is 11.6 Å². The summed E-state index contributed by atoms with van der Waals surface area (Å²) in [5, 5.41) is 3.96. The van der Waals surface area contributed by atoms with Gasteiger partial charge in [-0.3, -0.25) is 18.8 Å². The lowest BCUT2D eigenvalue weighted by atomic mass is 10.1. The number of aryl methyl sites for hydroxylation is 2. The number of fused-ring (bicyclic) bond motifs is 1. The van der Waals surface area contributed by atoms with Gasteiger partial charge in [0.25, 0.3) is 15.6 Å². The van der Waals surface area contributed by atoms with E-state index >= 15 is 0 Å². The van der Waals surface area contributed by atoms with Crippen LogP contribution in [0.15, 0.2) is 45.8 Å². The maximum absolute atomic E-state index is 13.2. The van der Waals surface area contributed by atoms with Gasteiger partial charge in [0.1, 0.15) is 17.9 Å². The number of nitrogens with zero attached hydrogens (tertiary/aromatic N) is 5. The van der Waals surface area contributed by atoms with Gasteiger partial charge in [-0.05, 0) is 32.0 Å². The number of ether oxygens (including phenoxy) is 2. The van der Waals surface area contributed by atoms with Crippen LogP contribution in [0.25, 0.3) is 16.8 Å². The van der Waals surface area contributed by atoms with Crippen LogP contribution in [0.1, 0.15) is 10.7 Å². The van der Waals surface area contributed by atoms with Gasteiger partial charge in [0, 0.05) is 56.2 Å². The molecule has 1 aliphatic heterocycles. The van der Waals surface area contributed by atoms with Gasteiger partial charge in [-0.1, -0.05) is 0 Å². The van der Waals surface area contributed by atoms with Gasteiger partial charge in [0.15, 0.2) is 4.21 Å². The molecule has 0 bridgehead atoms. The van der Waals surface area contributed by atoms with Crippen molar-refractivity contribution < 1.29 is 17.9 Å². The summed E-state index contributed by atoms with van der Waals surface area (Å²) in [6.45, 7) is 8.27. The Labute approximate surface area is 229 Å². The number of piperazine rings is 1. The third kappa shape index (κ3) is 5.88. The van der Waals surface area contributed by atoms with Crippen molar-refractivity contribution in [1.82, 2.24) is 29.6 Å². The maximum atomic E-state index is 13.2. The second-order valence-corrected chi connectivity index (χ2v) is 12.1. The summed E-state index contributed by atoms with van der Waals surface area (Å²) in [5.74, 6) is 0.275. The lowest BCUT2D eigenvalue weighted by Gasteiger charge is -2.26. The van der Waals surface area contributed by atoms with Crippen LogP contribution in [0.2, 0.25) is 0 Å². The molecule has 4 aromatic rings. The monoisotopic (exact) mass is 571 g/mol. The second-order valence-electron chi connectivity index (χ2n) is 9.01. The van der Waals surface area contributed by atoms with Crippen molar-refractivity contribution in [3.05, 3.63) is 57.8 Å². The minimum absolute atomic E-state index is 0.112. The van der Waals surface area contributed by atoms with E-state index in [1.807, 2.05) is 0 Å². The average Bonchev–Trinajstić information content (AvgIpc) is 3.29. The van der Waals surface area contributed by atoms with E-state index in [1.165, 1.54) is 17.7 Å². The average molecular weight is 572 g/mol. The number of aromatic nitrogens is 4. The van der Waals surface area contributed by atoms with E-state index in [2.05, 4.69) is 29.9 Å². The molecule has 5 heterocycles. The minimum atomic E-state index is -3.92. The van der Waals surface area contributed by atoms with E-state index in [4.69, 9.17) is 9.47 Å². The fourth-order valence-corrected chi connectivity index (χ4v) is 6.88. The number of hydrogen-bond acceptors (Lipinski definition) is 11. The number of sulfonamides is 1. The Morgan fingerprint density at radius 2 is 1.92 bits per heavy atom. The van der Waals surface area contributed by atoms with Gasteiger partial charge in [0.05, 0.1) is 24.0 Å². The van der Waals surface area contributed by atoms with Gasteiger partial charge in [-0.15, -0.1) is 11.3 Å². The molecule has 206 valence electrons. The molecule has 0 unspecified atom stereocenters. The van der Waals surface area contributed by atoms with E-state index in [0.717, 1.165) is 44.1 Å². The quantitative estimate of drug-likeness (QED) is 0.306. The molecule has 1 aliphatic rings. The SMILES string of the molecule is COc1ncc(-c2ccc3ncc(OCCN4CCNCC4)c(=O)n3c2)cc1NS(=O)(=O)c1sc(C)nc1C. The third-order valence-corrected chi connectivity index (χ3v) is 9.32. The highest BCUT2D eigenvalue weighted by Gasteiger charge is 2.23. The normalized spacial score (nSPS) is 14.4. The number of methoxy groups -OCH3 is 1. The predicted molar refractivity (Wildman–Crippen MR) is 148 cm³/mol. The molecular weight excluding hydrogens is 542 g/mol. The van der Waals surface area contributed by atoms with Crippen LogP contribution in [-0.2, 0) is 10.0 Å². The molecule has 12 nitrogen and oxygen atoms in total. The number of hydrogen-bond donors (Lipinski definition) is 2. The van der Waals surface area contributed by atoms with Crippen molar-refractivity contribution in [2.24, 2.45) is 0 Å². The van der Waals surface area contributed by atoms with Crippen LogP contribution in [0.4, 0.5) is 5.69 Å². The summed E-state index contributed by atoms with van der Waals surface area (Å²) in [6.07, 6.45) is 4.62. The lowest BCUT2D eigenvalue weighted by molar-refractivity contribution is 0.190. The highest BCUT2D eigenvalue weighted by Crippen LogP contribution is 2.32. The Hall–Kier alpha value is -3.59. The molecule has 1 saturated heterocycles. The molecule has 0 aliphatic carbocycles. The minimum Gasteiger partial charge on any atom is -0.485 e. The lowest BCUT2D eigenvalue weighted by Crippen LogP contribution is -2.45. The Morgan fingerprint density at radius 3 is 2.64 bits per heavy atom. The number of thiazole rings is 1. The molecule has 1 fully saturated rings. The number of nitrogens with one attached hydrogen (secondary N) is 2. The number of anilines is 1. The zero-order valence-corrected chi connectivity index (χ0v) is 23.4. The van der Waals surface area contributed by atoms with Crippen LogP contribution in [0.3, 0.4) is 0 Å². The van der Waals surface area contributed by atoms with E-state index in [9.17, 15) is 13.2 Å². The van der Waals surface area contributed by atoms with Gasteiger partial charge >= 0.3 is 0 Å². The van der Waals surface area contributed by atoms with E-state index in [1.54, 1.807) is 44.4 Å². The molecule has 5 rings (SSSR count). The molecule has 0 radical (unpaired) electrons. The first-order chi connectivity index (χ1) is 18.7. The molecular formula is C25H29N7O5S2. The summed E-state index contributed by atoms with van der Waals surface area (Å²) in [5.41, 5.74) is 1.91. The third-order valence-electron chi connectivity index (χ3n) is 6.27. The number of pyridine rings is 2. The van der Waals surface area contributed by atoms with Crippen LogP contribution < -0.4 is 25.1 Å². The summed E-state index contributed by atoms with van der Waals surface area (Å²) in [6, 6.07) is 5.10. The van der Waals surface area contributed by atoms with Gasteiger partial charge in [0.2, 0.25) is 11.6 Å². The second kappa shape index (κ2) is 11.3. The molecule has 0 saturated carbocycles. The fourth-order valence-electron chi connectivity index (χ4n) is 4.35. The summed E-state index contributed by atoms with van der Waals surface area (Å²) in [7, 11) is -2.51. The first-order valence-electron chi connectivity index (χ1n) is 12.3. The molecule has 0 aromatic carbocycles. The number of rotatable bonds is 9. The fraction of sp³-hybridized carbons (Fsp3) is 0.360. The molecule has 2 N–H and O–H groups in total. The molecule has 0 atom stereocenters. The summed E-state index contributed by atoms with van der Waals surface area (Å²) in [4.78, 5) is 28.3. The molecule has 14 heteroatoms. The summed E-state index contributed by atoms with van der Waals surface area (Å²) < 4.78 is 41.4. The van der Waals surface area contributed by atoms with Gasteiger partial charge in [-0.2, -0.15) is 0 Å². The van der Waals surface area contributed by atoms with Crippen molar-refractivity contribution >= 4 is 32.7 Å². The van der Waals surface area contributed by atoms with Crippen LogP contribution in [0, 0.1) is 13.8 Å². The first-order valence-corrected chi connectivity index (χ1v) is 14.6. The van der Waals surface area contributed by atoms with Crippen molar-refractivity contribution in [3.8, 4) is 22.8 Å². The zero-order valence-electron chi connectivity index (χ0n) is 21.8. The van der Waals surface area contributed by atoms with E-state index < -0.39 is 10.0 Å². The topological polar surface area (TPSA) is 140 Å². The van der Waals surface area contributed by atoms with Crippen LogP contribution >= 0.6 is 11.3 Å². The van der Waals surface area contributed by atoms with Crippen molar-refractivity contribution in [2.75, 3.05) is 51.2 Å². The molecule has 0 amide bonds. The van der Waals surface area contributed by atoms with Crippen molar-refractivity contribution in [1.29, 1.82) is 0 Å². The zero-order chi connectivity index (χ0) is 27.6. The van der Waals surface area contributed by atoms with E-state index in [-0.39, 0.29) is 27.1 Å². The Kier molecular flexibility index (Phi) is 7.79. The molecule has 4 aromatic heterocycles. The highest BCUT2D eigenvalue weighted by atomic mass is 32.2. The Balaban J connectivity index is 1.42. The smallest absolute Gasteiger partial charge is 0.300 e. The summed E-state index contributed by atoms with van der Waals surface area (Å²) >= 11 is 1.09. The van der Waals surface area contributed by atoms with E-state index in [0.29, 0.717) is 34.1 Å². The predicted octanol–water partition coefficient (Wildman–Crippen LogP) is 1.92. The van der Waals surface area contributed by atoms with Crippen LogP contribution in [-0.4, -0.2) is 79.1 Å². The van der Waals surface area contributed by atoms with Crippen molar-refractivity contribution in [3.63, 3.8) is 0 Å². The standard InChI is InChI=1S/C25H29N7O5S2/c1-16-25(38-17(2)29-16)39(34,35)30-20-12-19(13-28-23(20)36-3)18-4-5-22-27-14-21(24(33)32(22)15-18)37-11-10-31-8-6-26-7-9-31/h4-5,12-15,26,30H,6-11H2,1-3H3. The van der Waals surface area contributed by atoms with Gasteiger partial charge in [-0.25, -0.2) is 23.4 Å². The molecule has 0 spiro atoms. The maximum Gasteiger partial charge on any atom is 0.300 e. The Morgan fingerprint density at radius 1 is 1.13 bits per heavy atom.